The van der Waals surface area contributed by atoms with Gasteiger partial charge in [0.2, 0.25) is 0 Å². The maximum Gasteiger partial charge on any atom is 0.259 e. The van der Waals surface area contributed by atoms with E-state index in [0.29, 0.717) is 11.1 Å². The van der Waals surface area contributed by atoms with Crippen LogP contribution in [0.2, 0.25) is 0 Å². The van der Waals surface area contributed by atoms with Gasteiger partial charge in [0.25, 0.3) is 5.91 Å². The number of thiazole rings is 1. The molecule has 3 heterocycles. The molecule has 9 heteroatoms. The summed E-state index contributed by atoms with van der Waals surface area (Å²) in [6.07, 6.45) is 1.72. The Morgan fingerprint density at radius 2 is 2.04 bits per heavy atom. The second-order valence-electron chi connectivity index (χ2n) is 5.62. The number of thiophene rings is 1. The van der Waals surface area contributed by atoms with Gasteiger partial charge in [-0.2, -0.15) is 5.10 Å². The normalized spacial score (nSPS) is 10.9. The van der Waals surface area contributed by atoms with E-state index in [4.69, 9.17) is 0 Å². The van der Waals surface area contributed by atoms with Gasteiger partial charge in [0.15, 0.2) is 0 Å². The Hall–Kier alpha value is -2.91. The summed E-state index contributed by atoms with van der Waals surface area (Å²) in [6, 6.07) is 8.36. The number of aromatic nitrogens is 3. The highest BCUT2D eigenvalue weighted by molar-refractivity contribution is 7.19. The molecule has 0 unspecified atom stereocenters. The number of hydrogen-bond acceptors (Lipinski definition) is 5. The lowest BCUT2D eigenvalue weighted by Gasteiger charge is -2.04. The Kier molecular flexibility index (Phi) is 4.54. The predicted octanol–water partition coefficient (Wildman–Crippen LogP) is 4.80. The lowest BCUT2D eigenvalue weighted by Crippen LogP contribution is -2.12. The fraction of sp³-hybridized carbons (Fsp3) is 0.0556. The van der Waals surface area contributed by atoms with Crippen LogP contribution in [-0.4, -0.2) is 20.7 Å². The summed E-state index contributed by atoms with van der Waals surface area (Å²) in [5.41, 5.74) is 1.44. The van der Waals surface area contributed by atoms with Crippen LogP contribution in [0.3, 0.4) is 0 Å². The molecule has 0 saturated heterocycles. The van der Waals surface area contributed by atoms with Crippen molar-refractivity contribution in [3.05, 3.63) is 65.2 Å². The van der Waals surface area contributed by atoms with Crippen LogP contribution >= 0.6 is 22.7 Å². The number of nitrogens with one attached hydrogen (secondary N) is 1. The van der Waals surface area contributed by atoms with E-state index in [1.165, 1.54) is 22.7 Å². The van der Waals surface area contributed by atoms with Crippen molar-refractivity contribution in [2.75, 3.05) is 5.32 Å². The minimum atomic E-state index is -0.899. The van der Waals surface area contributed by atoms with Crippen LogP contribution < -0.4 is 5.32 Å². The van der Waals surface area contributed by atoms with E-state index in [1.54, 1.807) is 16.9 Å². The zero-order valence-electron chi connectivity index (χ0n) is 13.9. The third kappa shape index (κ3) is 3.51. The number of anilines is 1. The molecule has 5 nitrogen and oxygen atoms in total. The van der Waals surface area contributed by atoms with Crippen LogP contribution in [0, 0.1) is 11.6 Å². The van der Waals surface area contributed by atoms with Gasteiger partial charge < -0.3 is 5.32 Å². The average Bonchev–Trinajstić information content (AvgIpc) is 3.35. The molecule has 27 heavy (non-hydrogen) atoms. The first kappa shape index (κ1) is 17.5. The number of rotatable bonds is 4. The predicted molar refractivity (Wildman–Crippen MR) is 102 cm³/mol. The molecule has 1 aromatic carbocycles. The molecule has 136 valence electrons. The van der Waals surface area contributed by atoms with Crippen molar-refractivity contribution in [3.8, 4) is 21.3 Å². The molecule has 0 fully saturated rings. The molecule has 0 atom stereocenters. The highest BCUT2D eigenvalue weighted by Gasteiger charge is 2.16. The zero-order chi connectivity index (χ0) is 19.0. The van der Waals surface area contributed by atoms with E-state index in [-0.39, 0.29) is 5.56 Å². The number of hydrogen-bond donors (Lipinski definition) is 1. The van der Waals surface area contributed by atoms with Crippen LogP contribution in [-0.2, 0) is 7.05 Å². The maximum absolute atomic E-state index is 13.8. The van der Waals surface area contributed by atoms with Gasteiger partial charge in [0, 0.05) is 24.7 Å². The lowest BCUT2D eigenvalue weighted by molar-refractivity contribution is 0.102. The van der Waals surface area contributed by atoms with Gasteiger partial charge in [0.1, 0.15) is 22.3 Å². The fourth-order valence-corrected chi connectivity index (χ4v) is 4.09. The van der Waals surface area contributed by atoms with E-state index in [0.717, 1.165) is 33.4 Å². The Bertz CT molecular complexity index is 1120. The SMILES string of the molecule is Cn1nc(-c2nccs2)cc1-c1ccc(NC(=O)c2ccc(F)cc2F)s1. The van der Waals surface area contributed by atoms with Crippen LogP contribution in [0.5, 0.6) is 0 Å². The number of nitrogens with zero attached hydrogens (tertiary/aromatic N) is 3. The van der Waals surface area contributed by atoms with E-state index in [2.05, 4.69) is 15.4 Å². The number of aryl methyl sites for hydroxylation is 1. The topological polar surface area (TPSA) is 59.8 Å². The number of amides is 1. The maximum atomic E-state index is 13.8. The number of halogens is 2. The smallest absolute Gasteiger partial charge is 0.259 e. The van der Waals surface area contributed by atoms with Gasteiger partial charge in [-0.05, 0) is 30.3 Å². The van der Waals surface area contributed by atoms with Crippen molar-refractivity contribution in [3.63, 3.8) is 0 Å². The second kappa shape index (κ2) is 7.01. The van der Waals surface area contributed by atoms with Gasteiger partial charge >= 0.3 is 0 Å². The van der Waals surface area contributed by atoms with Crippen LogP contribution in [0.4, 0.5) is 13.8 Å². The quantitative estimate of drug-likeness (QED) is 0.533. The molecule has 1 N–H and O–H groups in total. The van der Waals surface area contributed by atoms with Crippen LogP contribution in [0.25, 0.3) is 21.3 Å². The Morgan fingerprint density at radius 3 is 2.78 bits per heavy atom. The van der Waals surface area contributed by atoms with E-state index in [1.807, 2.05) is 24.6 Å². The van der Waals surface area contributed by atoms with Crippen molar-refractivity contribution >= 4 is 33.6 Å². The molecule has 4 rings (SSSR count). The number of carbonyl (C=O) groups excluding carboxylic acids is 1. The summed E-state index contributed by atoms with van der Waals surface area (Å²) in [6.45, 7) is 0. The molecule has 4 aromatic rings. The molecule has 3 aromatic heterocycles. The molecule has 0 aliphatic rings. The van der Waals surface area contributed by atoms with Crippen LogP contribution in [0.15, 0.2) is 48.0 Å². The summed E-state index contributed by atoms with van der Waals surface area (Å²) in [7, 11) is 1.83. The molecule has 0 aliphatic carbocycles. The first-order valence-corrected chi connectivity index (χ1v) is 9.51. The third-order valence-electron chi connectivity index (χ3n) is 3.80. The summed E-state index contributed by atoms with van der Waals surface area (Å²) in [5, 5.41) is 10.4. The molecule has 0 spiro atoms. The van der Waals surface area contributed by atoms with E-state index in [9.17, 15) is 13.6 Å². The van der Waals surface area contributed by atoms with Crippen molar-refractivity contribution in [2.45, 2.75) is 0 Å². The average molecular weight is 402 g/mol. The van der Waals surface area contributed by atoms with Gasteiger partial charge in [-0.3, -0.25) is 9.48 Å². The first-order valence-electron chi connectivity index (χ1n) is 7.82. The van der Waals surface area contributed by atoms with Crippen molar-refractivity contribution < 1.29 is 13.6 Å². The monoisotopic (exact) mass is 402 g/mol. The van der Waals surface area contributed by atoms with Gasteiger partial charge in [-0.25, -0.2) is 13.8 Å². The minimum absolute atomic E-state index is 0.210. The Balaban J connectivity index is 1.56. The fourth-order valence-electron chi connectivity index (χ4n) is 2.55. The minimum Gasteiger partial charge on any atom is -0.313 e. The Labute approximate surface area is 160 Å². The molecule has 0 bridgehead atoms. The second-order valence-corrected chi connectivity index (χ2v) is 7.60. The summed E-state index contributed by atoms with van der Waals surface area (Å²) >= 11 is 2.84. The first-order chi connectivity index (χ1) is 13.0. The third-order valence-corrected chi connectivity index (χ3v) is 5.62. The summed E-state index contributed by atoms with van der Waals surface area (Å²) in [4.78, 5) is 17.4. The summed E-state index contributed by atoms with van der Waals surface area (Å²) < 4.78 is 28.5. The van der Waals surface area contributed by atoms with Gasteiger partial charge in [-0.15, -0.1) is 22.7 Å². The highest BCUT2D eigenvalue weighted by Crippen LogP contribution is 2.34. The Morgan fingerprint density at radius 1 is 1.19 bits per heavy atom. The molecule has 0 radical (unpaired) electrons. The molecule has 1 amide bonds. The zero-order valence-corrected chi connectivity index (χ0v) is 15.6. The highest BCUT2D eigenvalue weighted by atomic mass is 32.1. The van der Waals surface area contributed by atoms with E-state index >= 15 is 0 Å². The summed E-state index contributed by atoms with van der Waals surface area (Å²) in [5.74, 6) is -2.26. The standard InChI is InChI=1S/C18H12F2N4OS2/c1-24-14(9-13(23-24)18-21-6-7-26-18)15-4-5-16(27-15)22-17(25)11-3-2-10(19)8-12(11)20/h2-9H,1H3,(H,22,25). The van der Waals surface area contributed by atoms with Gasteiger partial charge in [-0.1, -0.05) is 0 Å². The molecular weight excluding hydrogens is 390 g/mol. The van der Waals surface area contributed by atoms with Crippen molar-refractivity contribution in [1.82, 2.24) is 14.8 Å². The molecule has 0 saturated carbocycles. The molecule has 0 aliphatic heterocycles. The van der Waals surface area contributed by atoms with E-state index < -0.39 is 17.5 Å². The molecular formula is C18H12F2N4OS2. The lowest BCUT2D eigenvalue weighted by atomic mass is 10.2. The van der Waals surface area contributed by atoms with Crippen molar-refractivity contribution in [1.29, 1.82) is 0 Å². The largest absolute Gasteiger partial charge is 0.313 e. The van der Waals surface area contributed by atoms with Crippen molar-refractivity contribution in [2.24, 2.45) is 7.05 Å². The van der Waals surface area contributed by atoms with Gasteiger partial charge in [0.05, 0.1) is 21.1 Å². The van der Waals surface area contributed by atoms with Crippen LogP contribution in [0.1, 0.15) is 10.4 Å². The number of benzene rings is 1. The number of carbonyl (C=O) groups is 1.